The minimum absolute atomic E-state index is 0.0518. The second-order valence-corrected chi connectivity index (χ2v) is 12.6. The number of para-hydroxylation sites is 2. The predicted octanol–water partition coefficient (Wildman–Crippen LogP) is 5.07. The molecular formula is C31H33N7O4S. The van der Waals surface area contributed by atoms with E-state index in [1.807, 2.05) is 24.3 Å². The van der Waals surface area contributed by atoms with Gasteiger partial charge in [0.25, 0.3) is 10.0 Å². The zero-order valence-electron chi connectivity index (χ0n) is 23.8. The van der Waals surface area contributed by atoms with E-state index in [1.54, 1.807) is 55.6 Å². The lowest BCUT2D eigenvalue weighted by Gasteiger charge is -2.29. The van der Waals surface area contributed by atoms with Crippen LogP contribution in [-0.4, -0.2) is 58.3 Å². The molecule has 0 atom stereocenters. The fourth-order valence-corrected chi connectivity index (χ4v) is 6.95. The van der Waals surface area contributed by atoms with Gasteiger partial charge in [0, 0.05) is 48.1 Å². The molecule has 43 heavy (non-hydrogen) atoms. The molecule has 3 heterocycles. The molecule has 12 heteroatoms. The zero-order valence-corrected chi connectivity index (χ0v) is 24.6. The summed E-state index contributed by atoms with van der Waals surface area (Å²) in [5, 5.41) is 10.2. The molecule has 0 bridgehead atoms. The van der Waals surface area contributed by atoms with Crippen LogP contribution in [0.4, 0.5) is 40.3 Å². The molecule has 2 aliphatic heterocycles. The number of aromatic nitrogens is 2. The molecule has 1 aliphatic carbocycles. The Morgan fingerprint density at radius 1 is 0.930 bits per heavy atom. The number of sulfonamides is 1. The van der Waals surface area contributed by atoms with Gasteiger partial charge in [-0.2, -0.15) is 9.97 Å². The third-order valence-corrected chi connectivity index (χ3v) is 9.59. The molecule has 1 aromatic heterocycles. The number of ether oxygens (including phenoxy) is 2. The van der Waals surface area contributed by atoms with Crippen LogP contribution in [0, 0.1) is 0 Å². The normalized spacial score (nSPS) is 16.7. The number of hydrogen-bond donors (Lipinski definition) is 4. The Morgan fingerprint density at radius 2 is 1.70 bits per heavy atom. The lowest BCUT2D eigenvalue weighted by molar-refractivity contribution is 0.122. The lowest BCUT2D eigenvalue weighted by Crippen LogP contribution is -2.36. The summed E-state index contributed by atoms with van der Waals surface area (Å²) in [6.07, 6.45) is 2.04. The fraction of sp³-hybridized carbons (Fsp3) is 0.290. The summed E-state index contributed by atoms with van der Waals surface area (Å²) in [5.74, 6) is 2.34. The van der Waals surface area contributed by atoms with Crippen molar-refractivity contribution in [2.45, 2.75) is 23.2 Å². The molecule has 1 spiro atoms. The predicted molar refractivity (Wildman–Crippen MR) is 168 cm³/mol. The van der Waals surface area contributed by atoms with Gasteiger partial charge in [0.05, 0.1) is 31.7 Å². The van der Waals surface area contributed by atoms with Crippen LogP contribution < -0.4 is 30.3 Å². The molecule has 0 radical (unpaired) electrons. The van der Waals surface area contributed by atoms with Gasteiger partial charge in [0.1, 0.15) is 22.3 Å². The lowest BCUT2D eigenvalue weighted by atomic mass is 10.0. The van der Waals surface area contributed by atoms with Crippen molar-refractivity contribution in [1.29, 1.82) is 0 Å². The highest BCUT2D eigenvalue weighted by atomic mass is 32.2. The molecule has 0 amide bonds. The summed E-state index contributed by atoms with van der Waals surface area (Å²) in [5.41, 5.74) is 3.62. The number of morpholine rings is 1. The summed E-state index contributed by atoms with van der Waals surface area (Å²) < 4.78 is 40.8. The Bertz CT molecular complexity index is 1760. The maximum atomic E-state index is 13.5. The molecule has 3 aromatic carbocycles. The Morgan fingerprint density at radius 3 is 2.47 bits per heavy atom. The van der Waals surface area contributed by atoms with Crippen molar-refractivity contribution in [3.8, 4) is 5.75 Å². The van der Waals surface area contributed by atoms with Crippen molar-refractivity contribution in [1.82, 2.24) is 9.97 Å². The van der Waals surface area contributed by atoms with Gasteiger partial charge in [-0.1, -0.05) is 30.3 Å². The smallest absolute Gasteiger partial charge is 0.263 e. The summed E-state index contributed by atoms with van der Waals surface area (Å²) in [4.78, 5) is 12.1. The number of anilines is 7. The van der Waals surface area contributed by atoms with E-state index < -0.39 is 10.0 Å². The quantitative estimate of drug-likeness (QED) is 0.207. The highest BCUT2D eigenvalue weighted by Gasteiger charge is 2.52. The Labute approximate surface area is 250 Å². The first-order valence-electron chi connectivity index (χ1n) is 14.3. The van der Waals surface area contributed by atoms with Crippen LogP contribution in [0.3, 0.4) is 0 Å². The Balaban J connectivity index is 1.22. The maximum Gasteiger partial charge on any atom is 0.263 e. The molecule has 0 unspecified atom stereocenters. The fourth-order valence-electron chi connectivity index (χ4n) is 5.73. The third-order valence-electron chi connectivity index (χ3n) is 8.15. The number of fused-ring (bicyclic) bond motifs is 2. The van der Waals surface area contributed by atoms with Gasteiger partial charge >= 0.3 is 0 Å². The van der Waals surface area contributed by atoms with Crippen LogP contribution >= 0.6 is 0 Å². The van der Waals surface area contributed by atoms with E-state index in [0.29, 0.717) is 42.1 Å². The highest BCUT2D eigenvalue weighted by molar-refractivity contribution is 7.92. The number of hydrogen-bond acceptors (Lipinski definition) is 10. The molecular weight excluding hydrogens is 566 g/mol. The minimum Gasteiger partial charge on any atom is -0.494 e. The van der Waals surface area contributed by atoms with Gasteiger partial charge in [-0.25, -0.2) is 8.42 Å². The molecule has 2 fully saturated rings. The SMILES string of the molecule is COc1cc(N2CCOCC2)ccc1Nc1nc2c(c(Nc3ccccc3S(=O)(=O)Nc3ccccc3)n1)C1(CC1)CN2. The average molecular weight is 600 g/mol. The summed E-state index contributed by atoms with van der Waals surface area (Å²) in [6, 6.07) is 21.7. The van der Waals surface area contributed by atoms with Gasteiger partial charge in [0.15, 0.2) is 0 Å². The van der Waals surface area contributed by atoms with Gasteiger partial charge < -0.3 is 30.3 Å². The van der Waals surface area contributed by atoms with Crippen molar-refractivity contribution in [3.05, 3.63) is 78.4 Å². The molecule has 7 rings (SSSR count). The van der Waals surface area contributed by atoms with Crippen LogP contribution in [0.15, 0.2) is 77.7 Å². The van der Waals surface area contributed by atoms with Crippen molar-refractivity contribution in [2.24, 2.45) is 0 Å². The van der Waals surface area contributed by atoms with Crippen LogP contribution in [0.2, 0.25) is 0 Å². The number of rotatable bonds is 9. The second-order valence-electron chi connectivity index (χ2n) is 11.0. The molecule has 1 saturated carbocycles. The Hall–Kier alpha value is -4.55. The first kappa shape index (κ1) is 27.3. The van der Waals surface area contributed by atoms with Crippen LogP contribution in [-0.2, 0) is 20.2 Å². The monoisotopic (exact) mass is 599 g/mol. The van der Waals surface area contributed by atoms with Crippen LogP contribution in [0.1, 0.15) is 18.4 Å². The average Bonchev–Trinajstić information content (AvgIpc) is 3.72. The van der Waals surface area contributed by atoms with E-state index in [2.05, 4.69) is 25.6 Å². The van der Waals surface area contributed by atoms with E-state index in [4.69, 9.17) is 19.4 Å². The van der Waals surface area contributed by atoms with E-state index in [1.165, 1.54) is 0 Å². The molecule has 4 aromatic rings. The standard InChI is InChI=1S/C31H33N7O4S/c1-41-25-19-22(38-15-17-42-18-16-38)11-12-23(25)34-30-35-28-27(31(13-14-31)20-32-28)29(36-30)33-24-9-5-6-10-26(24)43(39,40)37-21-7-3-2-4-8-21/h2-12,19,37H,13-18,20H2,1H3,(H3,32,33,34,35,36). The van der Waals surface area contributed by atoms with E-state index in [0.717, 1.165) is 55.2 Å². The summed E-state index contributed by atoms with van der Waals surface area (Å²) in [7, 11) is -2.25. The second kappa shape index (κ2) is 10.9. The van der Waals surface area contributed by atoms with Crippen molar-refractivity contribution in [3.63, 3.8) is 0 Å². The van der Waals surface area contributed by atoms with Crippen LogP contribution in [0.25, 0.3) is 0 Å². The van der Waals surface area contributed by atoms with Gasteiger partial charge in [0.2, 0.25) is 5.95 Å². The van der Waals surface area contributed by atoms with E-state index >= 15 is 0 Å². The topological polar surface area (TPSA) is 130 Å². The van der Waals surface area contributed by atoms with Gasteiger partial charge in [-0.05, 0) is 49.2 Å². The Kier molecular flexibility index (Phi) is 6.94. The number of nitrogens with one attached hydrogen (secondary N) is 4. The summed E-state index contributed by atoms with van der Waals surface area (Å²) >= 11 is 0. The number of methoxy groups -OCH3 is 1. The largest absolute Gasteiger partial charge is 0.494 e. The highest BCUT2D eigenvalue weighted by Crippen LogP contribution is 2.56. The molecule has 3 aliphatic rings. The van der Waals surface area contributed by atoms with Crippen molar-refractivity contribution >= 4 is 50.4 Å². The summed E-state index contributed by atoms with van der Waals surface area (Å²) in [6.45, 7) is 3.81. The molecule has 222 valence electrons. The van der Waals surface area contributed by atoms with E-state index in [-0.39, 0.29) is 10.3 Å². The number of benzene rings is 3. The van der Waals surface area contributed by atoms with Gasteiger partial charge in [-0.15, -0.1) is 0 Å². The van der Waals surface area contributed by atoms with Crippen molar-refractivity contribution in [2.75, 3.05) is 65.5 Å². The first-order valence-corrected chi connectivity index (χ1v) is 15.8. The van der Waals surface area contributed by atoms with Crippen LogP contribution in [0.5, 0.6) is 5.75 Å². The van der Waals surface area contributed by atoms with E-state index in [9.17, 15) is 8.42 Å². The molecule has 4 N–H and O–H groups in total. The first-order chi connectivity index (χ1) is 20.9. The molecule has 1 saturated heterocycles. The minimum atomic E-state index is -3.89. The maximum absolute atomic E-state index is 13.5. The van der Waals surface area contributed by atoms with Crippen molar-refractivity contribution < 1.29 is 17.9 Å². The third kappa shape index (κ3) is 5.39. The van der Waals surface area contributed by atoms with Gasteiger partial charge in [-0.3, -0.25) is 4.72 Å². The number of nitrogens with zero attached hydrogens (tertiary/aromatic N) is 3. The zero-order chi connectivity index (χ0) is 29.4. The molecule has 11 nitrogen and oxygen atoms in total.